The van der Waals surface area contributed by atoms with Crippen LogP contribution in [-0.2, 0) is 0 Å². The first kappa shape index (κ1) is 20.2. The van der Waals surface area contributed by atoms with Crippen LogP contribution in [0.5, 0.6) is 0 Å². The van der Waals surface area contributed by atoms with Crippen LogP contribution in [0.4, 0.5) is 0 Å². The zero-order valence-corrected chi connectivity index (χ0v) is 18.1. The fourth-order valence-corrected chi connectivity index (χ4v) is 4.18. The van der Waals surface area contributed by atoms with Crippen LogP contribution in [0.25, 0.3) is 11.3 Å². The van der Waals surface area contributed by atoms with Crippen LogP contribution in [0.1, 0.15) is 44.0 Å². The predicted octanol–water partition coefficient (Wildman–Crippen LogP) is 7.03. The Kier molecular flexibility index (Phi) is 6.13. The smallest absolute Gasteiger partial charge is 0.0960 e. The highest BCUT2D eigenvalue weighted by Gasteiger charge is 2.24. The van der Waals surface area contributed by atoms with E-state index in [1.807, 2.05) is 6.07 Å². The maximum Gasteiger partial charge on any atom is 0.0960 e. The number of benzene rings is 2. The average molecular weight is 395 g/mol. The Hall–Kier alpha value is -3.13. The molecule has 1 aliphatic carbocycles. The van der Waals surface area contributed by atoms with Crippen molar-refractivity contribution in [1.29, 1.82) is 0 Å². The Morgan fingerprint density at radius 2 is 1.47 bits per heavy atom. The van der Waals surface area contributed by atoms with E-state index in [0.717, 1.165) is 29.8 Å². The van der Waals surface area contributed by atoms with Gasteiger partial charge < -0.3 is 4.90 Å². The Balaban J connectivity index is 1.74. The molecule has 2 nitrogen and oxygen atoms in total. The average Bonchev–Trinajstić information content (AvgIpc) is 2.81. The molecule has 0 N–H and O–H groups in total. The second kappa shape index (κ2) is 9.13. The molecule has 1 unspecified atom stereocenters. The molecule has 0 spiro atoms. The van der Waals surface area contributed by atoms with E-state index in [4.69, 9.17) is 4.98 Å². The topological polar surface area (TPSA) is 16.1 Å². The predicted molar refractivity (Wildman–Crippen MR) is 126 cm³/mol. The van der Waals surface area contributed by atoms with Gasteiger partial charge in [0.1, 0.15) is 0 Å². The standard InChI is InChI=1S/C28H30N2/c1-21(2)22-17-19-25(20-18-22)30(3)28(24-13-8-5-9-14-24)27-16-10-15-26(29-27)23-11-6-4-7-12-23/h4-17,19,21,28H,18,20H2,1-3H3. The molecular formula is C28H30N2. The molecular weight excluding hydrogens is 364 g/mol. The summed E-state index contributed by atoms with van der Waals surface area (Å²) in [5, 5.41) is 0. The second-order valence-electron chi connectivity index (χ2n) is 8.29. The molecule has 2 aromatic carbocycles. The lowest BCUT2D eigenvalue weighted by molar-refractivity contribution is 0.331. The van der Waals surface area contributed by atoms with Gasteiger partial charge in [0, 0.05) is 18.3 Å². The maximum absolute atomic E-state index is 5.09. The Morgan fingerprint density at radius 1 is 0.767 bits per heavy atom. The number of rotatable bonds is 6. The molecule has 0 bridgehead atoms. The van der Waals surface area contributed by atoms with Crippen molar-refractivity contribution in [3.05, 3.63) is 114 Å². The highest BCUT2D eigenvalue weighted by molar-refractivity contribution is 5.59. The van der Waals surface area contributed by atoms with Gasteiger partial charge in [0.15, 0.2) is 0 Å². The highest BCUT2D eigenvalue weighted by Crippen LogP contribution is 2.34. The molecule has 1 aliphatic rings. The Labute approximate surface area is 180 Å². The minimum atomic E-state index is 0.0788. The molecule has 3 aromatic rings. The summed E-state index contributed by atoms with van der Waals surface area (Å²) in [6.07, 6.45) is 6.82. The van der Waals surface area contributed by atoms with E-state index >= 15 is 0 Å². The largest absolute Gasteiger partial charge is 0.365 e. The molecule has 30 heavy (non-hydrogen) atoms. The number of aromatic nitrogens is 1. The fourth-order valence-electron chi connectivity index (χ4n) is 4.18. The van der Waals surface area contributed by atoms with Gasteiger partial charge in [-0.25, -0.2) is 0 Å². The molecule has 152 valence electrons. The number of hydrogen-bond acceptors (Lipinski definition) is 2. The minimum absolute atomic E-state index is 0.0788. The van der Waals surface area contributed by atoms with Gasteiger partial charge in [0.05, 0.1) is 17.4 Å². The van der Waals surface area contributed by atoms with Gasteiger partial charge in [0.2, 0.25) is 0 Å². The molecule has 1 heterocycles. The number of hydrogen-bond donors (Lipinski definition) is 0. The summed E-state index contributed by atoms with van der Waals surface area (Å²) in [6, 6.07) is 27.6. The summed E-state index contributed by atoms with van der Waals surface area (Å²) in [6.45, 7) is 4.56. The number of nitrogens with zero attached hydrogens (tertiary/aromatic N) is 2. The monoisotopic (exact) mass is 394 g/mol. The zero-order valence-electron chi connectivity index (χ0n) is 18.1. The van der Waals surface area contributed by atoms with Crippen molar-refractivity contribution in [2.45, 2.75) is 32.7 Å². The van der Waals surface area contributed by atoms with Gasteiger partial charge in [-0.1, -0.05) is 92.2 Å². The molecule has 0 radical (unpaired) electrons. The van der Waals surface area contributed by atoms with E-state index in [1.165, 1.54) is 16.8 Å². The van der Waals surface area contributed by atoms with Crippen molar-refractivity contribution < 1.29 is 0 Å². The lowest BCUT2D eigenvalue weighted by Crippen LogP contribution is -2.27. The quantitative estimate of drug-likeness (QED) is 0.446. The zero-order chi connectivity index (χ0) is 20.9. The van der Waals surface area contributed by atoms with Gasteiger partial charge in [0.25, 0.3) is 0 Å². The van der Waals surface area contributed by atoms with E-state index in [-0.39, 0.29) is 6.04 Å². The van der Waals surface area contributed by atoms with Crippen molar-refractivity contribution >= 4 is 0 Å². The van der Waals surface area contributed by atoms with E-state index in [0.29, 0.717) is 5.92 Å². The first-order valence-corrected chi connectivity index (χ1v) is 10.8. The summed E-state index contributed by atoms with van der Waals surface area (Å²) in [5.41, 5.74) is 7.40. The highest BCUT2D eigenvalue weighted by atomic mass is 15.2. The minimum Gasteiger partial charge on any atom is -0.365 e. The van der Waals surface area contributed by atoms with Gasteiger partial charge in [-0.05, 0) is 42.5 Å². The lowest BCUT2D eigenvalue weighted by atomic mass is 9.92. The van der Waals surface area contributed by atoms with Crippen LogP contribution in [0.15, 0.2) is 102 Å². The van der Waals surface area contributed by atoms with E-state index in [9.17, 15) is 0 Å². The summed E-state index contributed by atoms with van der Waals surface area (Å²) < 4.78 is 0. The molecule has 2 heteroatoms. The second-order valence-corrected chi connectivity index (χ2v) is 8.29. The third-order valence-electron chi connectivity index (χ3n) is 5.98. The first-order valence-electron chi connectivity index (χ1n) is 10.8. The van der Waals surface area contributed by atoms with Gasteiger partial charge in [-0.3, -0.25) is 4.98 Å². The molecule has 1 aromatic heterocycles. The van der Waals surface area contributed by atoms with Crippen molar-refractivity contribution in [2.75, 3.05) is 7.05 Å². The van der Waals surface area contributed by atoms with E-state index < -0.39 is 0 Å². The van der Waals surface area contributed by atoms with Crippen LogP contribution < -0.4 is 0 Å². The van der Waals surface area contributed by atoms with Crippen molar-refractivity contribution in [1.82, 2.24) is 9.88 Å². The summed E-state index contributed by atoms with van der Waals surface area (Å²) in [4.78, 5) is 7.50. The molecule has 0 fully saturated rings. The van der Waals surface area contributed by atoms with Crippen molar-refractivity contribution in [3.63, 3.8) is 0 Å². The SMILES string of the molecule is CC(C)C1=CC=C(N(C)C(c2ccccc2)c2cccc(-c3ccccc3)n2)CC1. The number of pyridine rings is 1. The normalized spacial score (nSPS) is 14.8. The van der Waals surface area contributed by atoms with E-state index in [1.54, 1.807) is 0 Å². The molecule has 0 saturated carbocycles. The fraction of sp³-hybridized carbons (Fsp3) is 0.250. The maximum atomic E-state index is 5.09. The summed E-state index contributed by atoms with van der Waals surface area (Å²) >= 11 is 0. The Morgan fingerprint density at radius 3 is 2.10 bits per heavy atom. The third-order valence-corrected chi connectivity index (χ3v) is 5.98. The van der Waals surface area contributed by atoms with Crippen LogP contribution >= 0.6 is 0 Å². The van der Waals surface area contributed by atoms with Crippen LogP contribution in [-0.4, -0.2) is 16.9 Å². The molecule has 0 saturated heterocycles. The van der Waals surface area contributed by atoms with Crippen molar-refractivity contribution in [3.8, 4) is 11.3 Å². The van der Waals surface area contributed by atoms with Gasteiger partial charge in [-0.2, -0.15) is 0 Å². The summed E-state index contributed by atoms with van der Waals surface area (Å²) in [7, 11) is 2.20. The van der Waals surface area contributed by atoms with Gasteiger partial charge in [-0.15, -0.1) is 0 Å². The number of allylic oxidation sites excluding steroid dienone is 4. The van der Waals surface area contributed by atoms with Gasteiger partial charge >= 0.3 is 0 Å². The van der Waals surface area contributed by atoms with Crippen molar-refractivity contribution in [2.24, 2.45) is 5.92 Å². The van der Waals surface area contributed by atoms with E-state index in [2.05, 4.69) is 111 Å². The molecule has 0 aliphatic heterocycles. The molecule has 1 atom stereocenters. The van der Waals surface area contributed by atoms with Crippen LogP contribution in [0.2, 0.25) is 0 Å². The first-order chi connectivity index (χ1) is 14.6. The molecule has 4 rings (SSSR count). The lowest BCUT2D eigenvalue weighted by Gasteiger charge is -2.34. The van der Waals surface area contributed by atoms with Crippen LogP contribution in [0.3, 0.4) is 0 Å². The van der Waals surface area contributed by atoms with Crippen LogP contribution in [0, 0.1) is 5.92 Å². The third kappa shape index (κ3) is 4.38. The Bertz CT molecular complexity index is 1030. The molecule has 0 amide bonds. The summed E-state index contributed by atoms with van der Waals surface area (Å²) in [5.74, 6) is 0.613.